The standard InChI is InChI=1S/C16H22N6O3S/c1-19-11-15(17-12-19)26(24,25)21-8-6-20(7-9-21)16(23)13-10-18-22-5-3-2-4-14(13)22/h10-12H,2-9H2,1H3. The molecule has 0 atom stereocenters. The fourth-order valence-electron chi connectivity index (χ4n) is 3.56. The van der Waals surface area contributed by atoms with Crippen molar-refractivity contribution in [3.8, 4) is 0 Å². The molecule has 2 aliphatic heterocycles. The monoisotopic (exact) mass is 378 g/mol. The highest BCUT2D eigenvalue weighted by Gasteiger charge is 2.33. The van der Waals surface area contributed by atoms with E-state index < -0.39 is 10.0 Å². The summed E-state index contributed by atoms with van der Waals surface area (Å²) >= 11 is 0. The van der Waals surface area contributed by atoms with Crippen LogP contribution >= 0.6 is 0 Å². The first-order valence-electron chi connectivity index (χ1n) is 8.79. The van der Waals surface area contributed by atoms with Crippen LogP contribution in [-0.4, -0.2) is 69.0 Å². The molecule has 26 heavy (non-hydrogen) atoms. The molecule has 0 spiro atoms. The van der Waals surface area contributed by atoms with E-state index in [1.165, 1.54) is 16.8 Å². The zero-order valence-corrected chi connectivity index (χ0v) is 15.5. The van der Waals surface area contributed by atoms with Gasteiger partial charge in [-0.1, -0.05) is 0 Å². The summed E-state index contributed by atoms with van der Waals surface area (Å²) in [6.45, 7) is 2.14. The number of carbonyl (C=O) groups is 1. The molecule has 4 heterocycles. The van der Waals surface area contributed by atoms with Gasteiger partial charge in [-0.05, 0) is 19.3 Å². The number of hydrogen-bond acceptors (Lipinski definition) is 5. The number of fused-ring (bicyclic) bond motifs is 1. The Morgan fingerprint density at radius 2 is 1.88 bits per heavy atom. The fraction of sp³-hybridized carbons (Fsp3) is 0.562. The minimum absolute atomic E-state index is 0.0467. The lowest BCUT2D eigenvalue weighted by Gasteiger charge is -2.33. The van der Waals surface area contributed by atoms with Gasteiger partial charge in [0.25, 0.3) is 15.9 Å². The smallest absolute Gasteiger partial charge is 0.262 e. The molecule has 0 saturated carbocycles. The highest BCUT2D eigenvalue weighted by Crippen LogP contribution is 2.21. The zero-order valence-electron chi connectivity index (χ0n) is 14.7. The molecule has 0 aromatic carbocycles. The molecule has 2 aromatic rings. The van der Waals surface area contributed by atoms with Crippen molar-refractivity contribution < 1.29 is 13.2 Å². The third kappa shape index (κ3) is 2.92. The topological polar surface area (TPSA) is 93.3 Å². The minimum Gasteiger partial charge on any atom is -0.339 e. The van der Waals surface area contributed by atoms with Gasteiger partial charge in [0.1, 0.15) is 0 Å². The van der Waals surface area contributed by atoms with Crippen molar-refractivity contribution in [1.29, 1.82) is 0 Å². The maximum Gasteiger partial charge on any atom is 0.262 e. The molecule has 1 amide bonds. The Kier molecular flexibility index (Phi) is 4.31. The molecule has 140 valence electrons. The van der Waals surface area contributed by atoms with E-state index in [2.05, 4.69) is 10.1 Å². The maximum atomic E-state index is 12.9. The molecule has 2 aromatic heterocycles. The maximum absolute atomic E-state index is 12.9. The Labute approximate surface area is 152 Å². The number of hydrogen-bond donors (Lipinski definition) is 0. The second-order valence-corrected chi connectivity index (χ2v) is 8.64. The Morgan fingerprint density at radius 1 is 1.12 bits per heavy atom. The minimum atomic E-state index is -3.61. The van der Waals surface area contributed by atoms with Crippen LogP contribution < -0.4 is 0 Å². The van der Waals surface area contributed by atoms with E-state index in [1.54, 1.807) is 22.7 Å². The van der Waals surface area contributed by atoms with Gasteiger partial charge in [-0.15, -0.1) is 0 Å². The number of aryl methyl sites for hydroxylation is 2. The molecule has 4 rings (SSSR count). The Hall–Kier alpha value is -2.20. The SMILES string of the molecule is Cn1cnc(S(=O)(=O)N2CCN(C(=O)c3cnn4c3CCCC4)CC2)c1. The molecule has 0 unspecified atom stereocenters. The van der Waals surface area contributed by atoms with Gasteiger partial charge in [0, 0.05) is 46.0 Å². The van der Waals surface area contributed by atoms with Crippen LogP contribution in [0, 0.1) is 0 Å². The summed E-state index contributed by atoms with van der Waals surface area (Å²) in [5, 5.41) is 4.37. The Morgan fingerprint density at radius 3 is 2.58 bits per heavy atom. The second kappa shape index (κ2) is 6.51. The van der Waals surface area contributed by atoms with Crippen molar-refractivity contribution in [2.24, 2.45) is 7.05 Å². The number of aromatic nitrogens is 4. The predicted octanol–water partition coefficient (Wildman–Crippen LogP) is 0.0996. The molecular weight excluding hydrogens is 356 g/mol. The number of piperazine rings is 1. The lowest BCUT2D eigenvalue weighted by atomic mass is 10.1. The van der Waals surface area contributed by atoms with Crippen LogP contribution in [0.1, 0.15) is 28.9 Å². The van der Waals surface area contributed by atoms with Crippen molar-refractivity contribution in [1.82, 2.24) is 28.5 Å². The average molecular weight is 378 g/mol. The number of sulfonamides is 1. The number of rotatable bonds is 3. The quantitative estimate of drug-likeness (QED) is 0.755. The zero-order chi connectivity index (χ0) is 18.3. The van der Waals surface area contributed by atoms with Crippen LogP contribution in [0.3, 0.4) is 0 Å². The van der Waals surface area contributed by atoms with Gasteiger partial charge in [-0.25, -0.2) is 13.4 Å². The van der Waals surface area contributed by atoms with E-state index in [-0.39, 0.29) is 24.0 Å². The van der Waals surface area contributed by atoms with Gasteiger partial charge >= 0.3 is 0 Å². The predicted molar refractivity (Wildman–Crippen MR) is 93.0 cm³/mol. The first kappa shape index (κ1) is 17.2. The van der Waals surface area contributed by atoms with Crippen LogP contribution in [-0.2, 0) is 30.0 Å². The summed E-state index contributed by atoms with van der Waals surface area (Å²) < 4.78 is 30.2. The van der Waals surface area contributed by atoms with E-state index in [1.807, 2.05) is 4.68 Å². The van der Waals surface area contributed by atoms with E-state index >= 15 is 0 Å². The van der Waals surface area contributed by atoms with E-state index in [9.17, 15) is 13.2 Å². The van der Waals surface area contributed by atoms with Crippen molar-refractivity contribution in [2.45, 2.75) is 30.8 Å². The third-order valence-corrected chi connectivity index (χ3v) is 6.81. The van der Waals surface area contributed by atoms with E-state index in [0.29, 0.717) is 18.7 Å². The van der Waals surface area contributed by atoms with Gasteiger partial charge in [0.05, 0.1) is 23.8 Å². The number of carbonyl (C=O) groups excluding carboxylic acids is 1. The molecule has 0 aliphatic carbocycles. The summed E-state index contributed by atoms with van der Waals surface area (Å²) in [4.78, 5) is 18.5. The van der Waals surface area contributed by atoms with Crippen molar-refractivity contribution in [2.75, 3.05) is 26.2 Å². The molecule has 2 aliphatic rings. The summed E-state index contributed by atoms with van der Waals surface area (Å²) in [6, 6.07) is 0. The first-order chi connectivity index (χ1) is 12.5. The van der Waals surface area contributed by atoms with Crippen LogP contribution in [0.5, 0.6) is 0 Å². The highest BCUT2D eigenvalue weighted by atomic mass is 32.2. The molecule has 9 nitrogen and oxygen atoms in total. The third-order valence-electron chi connectivity index (χ3n) is 5.02. The molecule has 0 radical (unpaired) electrons. The average Bonchev–Trinajstić information content (AvgIpc) is 3.28. The first-order valence-corrected chi connectivity index (χ1v) is 10.2. The second-order valence-electron chi connectivity index (χ2n) is 6.76. The molecule has 10 heteroatoms. The van der Waals surface area contributed by atoms with Crippen LogP contribution in [0.2, 0.25) is 0 Å². The summed E-state index contributed by atoms with van der Waals surface area (Å²) in [5.74, 6) is -0.0527. The van der Waals surface area contributed by atoms with Crippen molar-refractivity contribution >= 4 is 15.9 Å². The van der Waals surface area contributed by atoms with Crippen LogP contribution in [0.25, 0.3) is 0 Å². The normalized spacial score (nSPS) is 18.7. The van der Waals surface area contributed by atoms with Gasteiger partial charge in [0.2, 0.25) is 0 Å². The molecule has 1 fully saturated rings. The van der Waals surface area contributed by atoms with Gasteiger partial charge in [-0.2, -0.15) is 9.40 Å². The van der Waals surface area contributed by atoms with Gasteiger partial charge < -0.3 is 9.47 Å². The number of nitrogens with zero attached hydrogens (tertiary/aromatic N) is 6. The highest BCUT2D eigenvalue weighted by molar-refractivity contribution is 7.89. The van der Waals surface area contributed by atoms with Crippen molar-refractivity contribution in [3.05, 3.63) is 30.0 Å². The lowest BCUT2D eigenvalue weighted by molar-refractivity contribution is 0.0696. The summed E-state index contributed by atoms with van der Waals surface area (Å²) in [5.41, 5.74) is 1.66. The van der Waals surface area contributed by atoms with Gasteiger partial charge in [-0.3, -0.25) is 9.48 Å². The fourth-order valence-corrected chi connectivity index (χ4v) is 4.94. The van der Waals surface area contributed by atoms with Crippen LogP contribution in [0.15, 0.2) is 23.7 Å². The Bertz CT molecular complexity index is 924. The Balaban J connectivity index is 1.45. The van der Waals surface area contributed by atoms with Crippen LogP contribution in [0.4, 0.5) is 0 Å². The number of amides is 1. The molecule has 0 N–H and O–H groups in total. The largest absolute Gasteiger partial charge is 0.339 e. The number of imidazole rings is 1. The summed E-state index contributed by atoms with van der Waals surface area (Å²) in [7, 11) is -1.88. The van der Waals surface area contributed by atoms with Gasteiger partial charge in [0.15, 0.2) is 5.03 Å². The lowest BCUT2D eigenvalue weighted by Crippen LogP contribution is -2.50. The molecular formula is C16H22N6O3S. The molecule has 0 bridgehead atoms. The van der Waals surface area contributed by atoms with E-state index in [4.69, 9.17) is 0 Å². The van der Waals surface area contributed by atoms with Crippen molar-refractivity contribution in [3.63, 3.8) is 0 Å². The summed E-state index contributed by atoms with van der Waals surface area (Å²) in [6.07, 6.45) is 7.64. The van der Waals surface area contributed by atoms with E-state index in [0.717, 1.165) is 31.5 Å². The molecule has 1 saturated heterocycles.